The largest absolute Gasteiger partial charge is 0.416 e. The van der Waals surface area contributed by atoms with Crippen molar-refractivity contribution in [1.82, 2.24) is 0 Å². The van der Waals surface area contributed by atoms with E-state index in [1.54, 1.807) is 0 Å². The molecular weight excluding hydrogens is 279 g/mol. The average Bonchev–Trinajstić information content (AvgIpc) is 2.03. The minimum Gasteiger partial charge on any atom is -0.416 e. The van der Waals surface area contributed by atoms with Crippen LogP contribution in [0.15, 0.2) is 24.3 Å². The zero-order valence-corrected chi connectivity index (χ0v) is 10.7. The summed E-state index contributed by atoms with van der Waals surface area (Å²) in [6, 6.07) is 8.47. The lowest BCUT2D eigenvalue weighted by Gasteiger charge is -2.06. The zero-order chi connectivity index (χ0) is 8.97. The van der Waals surface area contributed by atoms with Crippen molar-refractivity contribution in [1.29, 1.82) is 0 Å². The van der Waals surface area contributed by atoms with Gasteiger partial charge in [-0.05, 0) is 53.4 Å². The van der Waals surface area contributed by atoms with E-state index in [-0.39, 0.29) is 0 Å². The lowest BCUT2D eigenvalue weighted by atomic mass is 10.2. The Bertz CT molecular complexity index is 233. The highest BCUT2D eigenvalue weighted by atomic mass is 127. The smallest absolute Gasteiger partial charge is 0.171 e. The van der Waals surface area contributed by atoms with Gasteiger partial charge < -0.3 is 4.43 Å². The molecule has 1 aromatic rings. The average molecular weight is 292 g/mol. The Hall–Kier alpha value is 0.127. The molecule has 0 N–H and O–H groups in total. The van der Waals surface area contributed by atoms with Gasteiger partial charge in [-0.3, -0.25) is 0 Å². The second kappa shape index (κ2) is 4.99. The third-order valence-corrected chi connectivity index (χ3v) is 3.05. The van der Waals surface area contributed by atoms with E-state index in [2.05, 4.69) is 60.0 Å². The summed E-state index contributed by atoms with van der Waals surface area (Å²) in [4.78, 5) is 0. The Morgan fingerprint density at radius 3 is 2.33 bits per heavy atom. The molecule has 0 aliphatic carbocycles. The molecule has 3 heteroatoms. The summed E-state index contributed by atoms with van der Waals surface area (Å²) in [5.74, 6) is 0. The molecule has 0 radical (unpaired) electrons. The van der Waals surface area contributed by atoms with E-state index in [4.69, 9.17) is 4.43 Å². The Morgan fingerprint density at radius 1 is 1.25 bits per heavy atom. The molecule has 1 nitrogen and oxygen atoms in total. The Morgan fingerprint density at radius 2 is 1.83 bits per heavy atom. The lowest BCUT2D eigenvalue weighted by Crippen LogP contribution is -2.06. The summed E-state index contributed by atoms with van der Waals surface area (Å²) < 4.78 is 6.88. The standard InChI is InChI=1S/C9H13IOSi/c1-12(2)11-7-8-3-5-9(10)6-4-8/h3-6,12H,7H2,1-2H3. The molecule has 12 heavy (non-hydrogen) atoms. The van der Waals surface area contributed by atoms with Crippen molar-refractivity contribution in [3.8, 4) is 0 Å². The summed E-state index contributed by atoms with van der Waals surface area (Å²) in [6.45, 7) is 5.15. The number of hydrogen-bond donors (Lipinski definition) is 0. The number of halogens is 1. The van der Waals surface area contributed by atoms with Gasteiger partial charge in [-0.1, -0.05) is 12.1 Å². The zero-order valence-electron chi connectivity index (χ0n) is 7.38. The van der Waals surface area contributed by atoms with Gasteiger partial charge in [-0.15, -0.1) is 0 Å². The van der Waals surface area contributed by atoms with Crippen LogP contribution in [0.4, 0.5) is 0 Å². The summed E-state index contributed by atoms with van der Waals surface area (Å²) in [5, 5.41) is 0. The molecule has 0 amide bonds. The van der Waals surface area contributed by atoms with Crippen LogP contribution < -0.4 is 0 Å². The quantitative estimate of drug-likeness (QED) is 0.615. The minimum absolute atomic E-state index is 0.779. The molecular formula is C9H13IOSi. The van der Waals surface area contributed by atoms with Crippen LogP contribution in [-0.2, 0) is 11.0 Å². The van der Waals surface area contributed by atoms with Crippen molar-refractivity contribution in [2.24, 2.45) is 0 Å². The van der Waals surface area contributed by atoms with E-state index in [1.807, 2.05) is 0 Å². The molecule has 1 aromatic carbocycles. The van der Waals surface area contributed by atoms with Crippen molar-refractivity contribution in [2.75, 3.05) is 0 Å². The summed E-state index contributed by atoms with van der Waals surface area (Å²) in [7, 11) is -0.854. The maximum Gasteiger partial charge on any atom is 0.171 e. The van der Waals surface area contributed by atoms with Gasteiger partial charge in [0.25, 0.3) is 0 Å². The molecule has 0 atom stereocenters. The molecule has 0 fully saturated rings. The van der Waals surface area contributed by atoms with Gasteiger partial charge in [0.2, 0.25) is 0 Å². The lowest BCUT2D eigenvalue weighted by molar-refractivity contribution is 0.314. The molecule has 66 valence electrons. The molecule has 0 bridgehead atoms. The van der Waals surface area contributed by atoms with Crippen molar-refractivity contribution >= 4 is 31.6 Å². The monoisotopic (exact) mass is 292 g/mol. The third-order valence-electron chi connectivity index (χ3n) is 1.50. The van der Waals surface area contributed by atoms with E-state index in [0.717, 1.165) is 6.61 Å². The summed E-state index contributed by atoms with van der Waals surface area (Å²) in [5.41, 5.74) is 1.27. The highest BCUT2D eigenvalue weighted by Gasteiger charge is 1.96. The van der Waals surface area contributed by atoms with Crippen LogP contribution in [0, 0.1) is 3.57 Å². The maximum atomic E-state index is 5.60. The first kappa shape index (κ1) is 10.2. The second-order valence-electron chi connectivity index (χ2n) is 2.99. The van der Waals surface area contributed by atoms with Crippen LogP contribution in [-0.4, -0.2) is 9.04 Å². The van der Waals surface area contributed by atoms with Crippen molar-refractivity contribution in [3.63, 3.8) is 0 Å². The van der Waals surface area contributed by atoms with Gasteiger partial charge in [-0.25, -0.2) is 0 Å². The predicted octanol–water partition coefficient (Wildman–Crippen LogP) is 2.79. The normalized spacial score (nSPS) is 10.7. The SMILES string of the molecule is C[SiH](C)OCc1ccc(I)cc1. The third kappa shape index (κ3) is 3.69. The Labute approximate surface area is 89.0 Å². The fourth-order valence-electron chi connectivity index (χ4n) is 0.844. The molecule has 1 rings (SSSR count). The number of benzene rings is 1. The van der Waals surface area contributed by atoms with E-state index >= 15 is 0 Å². The van der Waals surface area contributed by atoms with Gasteiger partial charge in [0.05, 0.1) is 6.61 Å². The van der Waals surface area contributed by atoms with Gasteiger partial charge in [0, 0.05) is 3.57 Å². The van der Waals surface area contributed by atoms with Gasteiger partial charge in [0.1, 0.15) is 0 Å². The number of hydrogen-bond acceptors (Lipinski definition) is 1. The summed E-state index contributed by atoms with van der Waals surface area (Å²) >= 11 is 2.31. The predicted molar refractivity (Wildman–Crippen MR) is 62.8 cm³/mol. The van der Waals surface area contributed by atoms with Crippen LogP contribution in [0.5, 0.6) is 0 Å². The Balaban J connectivity index is 2.48. The molecule has 0 aliphatic rings. The van der Waals surface area contributed by atoms with Crippen molar-refractivity contribution in [3.05, 3.63) is 33.4 Å². The van der Waals surface area contributed by atoms with Crippen LogP contribution in [0.1, 0.15) is 5.56 Å². The first-order chi connectivity index (χ1) is 5.68. The van der Waals surface area contributed by atoms with Gasteiger partial charge >= 0.3 is 0 Å². The first-order valence-corrected chi connectivity index (χ1v) is 7.90. The van der Waals surface area contributed by atoms with Crippen molar-refractivity contribution in [2.45, 2.75) is 19.7 Å². The molecule has 0 spiro atoms. The van der Waals surface area contributed by atoms with Crippen LogP contribution in [0.25, 0.3) is 0 Å². The molecule has 0 heterocycles. The second-order valence-corrected chi connectivity index (χ2v) is 6.66. The maximum absolute atomic E-state index is 5.60. The molecule has 0 saturated heterocycles. The first-order valence-electron chi connectivity index (χ1n) is 4.04. The molecule has 0 aliphatic heterocycles. The highest BCUT2D eigenvalue weighted by molar-refractivity contribution is 14.1. The highest BCUT2D eigenvalue weighted by Crippen LogP contribution is 2.07. The molecule has 0 aromatic heterocycles. The van der Waals surface area contributed by atoms with Gasteiger partial charge in [0.15, 0.2) is 9.04 Å². The minimum atomic E-state index is -0.854. The van der Waals surface area contributed by atoms with Crippen molar-refractivity contribution < 1.29 is 4.43 Å². The van der Waals surface area contributed by atoms with E-state index in [9.17, 15) is 0 Å². The summed E-state index contributed by atoms with van der Waals surface area (Å²) in [6.07, 6.45) is 0. The van der Waals surface area contributed by atoms with Crippen LogP contribution in [0.2, 0.25) is 13.1 Å². The topological polar surface area (TPSA) is 9.23 Å². The van der Waals surface area contributed by atoms with E-state index in [1.165, 1.54) is 9.13 Å². The van der Waals surface area contributed by atoms with E-state index in [0.29, 0.717) is 0 Å². The van der Waals surface area contributed by atoms with Gasteiger partial charge in [-0.2, -0.15) is 0 Å². The van der Waals surface area contributed by atoms with Crippen LogP contribution >= 0.6 is 22.6 Å². The van der Waals surface area contributed by atoms with Crippen LogP contribution in [0.3, 0.4) is 0 Å². The molecule has 0 saturated carbocycles. The number of rotatable bonds is 3. The van der Waals surface area contributed by atoms with E-state index < -0.39 is 9.04 Å². The fraction of sp³-hybridized carbons (Fsp3) is 0.333. The molecule has 0 unspecified atom stereocenters. The fourth-order valence-corrected chi connectivity index (χ4v) is 1.73. The Kier molecular flexibility index (Phi) is 4.24.